The number of rotatable bonds is 7. The van der Waals surface area contributed by atoms with Gasteiger partial charge in [-0.05, 0) is 42.7 Å². The monoisotopic (exact) mass is 417 g/mol. The molecular weight excluding hydrogens is 390 g/mol. The summed E-state index contributed by atoms with van der Waals surface area (Å²) >= 11 is 0. The molecule has 0 aliphatic carbocycles. The standard InChI is InChI=1S/C21H27N3O4S/c1-14(2)19(24-21(26)23-17-8-6-5-7-9-17)20(25)22-15(3)16-10-12-18(13-11-16)29(4,27)28/h5-15,19H,1-4H3,(H,22,25)(H2,23,24,26)/t15-,19-/m0/s1. The Morgan fingerprint density at radius 3 is 1.97 bits per heavy atom. The van der Waals surface area contributed by atoms with Crippen LogP contribution in [0.5, 0.6) is 0 Å². The summed E-state index contributed by atoms with van der Waals surface area (Å²) in [5.74, 6) is -0.445. The first-order valence-corrected chi connectivity index (χ1v) is 11.2. The average Bonchev–Trinajstić information content (AvgIpc) is 2.66. The lowest BCUT2D eigenvalue weighted by Crippen LogP contribution is -2.51. The summed E-state index contributed by atoms with van der Waals surface area (Å²) in [6.07, 6.45) is 1.15. The molecule has 2 aromatic carbocycles. The first-order chi connectivity index (χ1) is 13.6. The SMILES string of the molecule is CC(C)[C@H](NC(=O)Nc1ccccc1)C(=O)N[C@@H](C)c1ccc(S(C)(=O)=O)cc1. The Labute approximate surface area is 171 Å². The van der Waals surface area contributed by atoms with E-state index in [9.17, 15) is 18.0 Å². The smallest absolute Gasteiger partial charge is 0.319 e. The number of carbonyl (C=O) groups is 2. The Morgan fingerprint density at radius 2 is 1.45 bits per heavy atom. The Bertz CT molecular complexity index is 942. The van der Waals surface area contributed by atoms with Gasteiger partial charge in [-0.25, -0.2) is 13.2 Å². The lowest BCUT2D eigenvalue weighted by atomic mass is 10.0. The minimum absolute atomic E-state index is 0.128. The molecule has 0 spiro atoms. The van der Waals surface area contributed by atoms with Crippen LogP contribution in [0.3, 0.4) is 0 Å². The Hall–Kier alpha value is -2.87. The highest BCUT2D eigenvalue weighted by Crippen LogP contribution is 2.17. The van der Waals surface area contributed by atoms with Gasteiger partial charge in [0.15, 0.2) is 9.84 Å². The molecule has 2 aromatic rings. The maximum absolute atomic E-state index is 12.7. The Morgan fingerprint density at radius 1 is 0.862 bits per heavy atom. The molecule has 0 heterocycles. The van der Waals surface area contributed by atoms with Crippen LogP contribution in [0.2, 0.25) is 0 Å². The first kappa shape index (κ1) is 22.4. The van der Waals surface area contributed by atoms with Gasteiger partial charge in [0.1, 0.15) is 6.04 Å². The minimum atomic E-state index is -3.27. The van der Waals surface area contributed by atoms with E-state index in [-0.39, 0.29) is 22.8 Å². The van der Waals surface area contributed by atoms with E-state index in [1.54, 1.807) is 43.3 Å². The second kappa shape index (κ2) is 9.56. The number of hydrogen-bond donors (Lipinski definition) is 3. The molecule has 3 amide bonds. The molecule has 0 saturated carbocycles. The van der Waals surface area contributed by atoms with Crippen molar-refractivity contribution < 1.29 is 18.0 Å². The molecule has 0 fully saturated rings. The molecular formula is C21H27N3O4S. The van der Waals surface area contributed by atoms with Gasteiger partial charge in [0.05, 0.1) is 10.9 Å². The van der Waals surface area contributed by atoms with Crippen LogP contribution in [0.15, 0.2) is 59.5 Å². The maximum Gasteiger partial charge on any atom is 0.319 e. The van der Waals surface area contributed by atoms with Crippen molar-refractivity contribution in [1.29, 1.82) is 0 Å². The number of nitrogens with one attached hydrogen (secondary N) is 3. The van der Waals surface area contributed by atoms with Crippen molar-refractivity contribution >= 4 is 27.5 Å². The first-order valence-electron chi connectivity index (χ1n) is 9.31. The van der Waals surface area contributed by atoms with E-state index in [1.807, 2.05) is 19.9 Å². The van der Waals surface area contributed by atoms with Gasteiger partial charge in [0.25, 0.3) is 0 Å². The quantitative estimate of drug-likeness (QED) is 0.644. The van der Waals surface area contributed by atoms with Crippen LogP contribution < -0.4 is 16.0 Å². The van der Waals surface area contributed by atoms with Gasteiger partial charge in [-0.1, -0.05) is 44.2 Å². The Kier molecular flexibility index (Phi) is 7.39. The molecule has 0 bridgehead atoms. The van der Waals surface area contributed by atoms with Crippen molar-refractivity contribution in [3.63, 3.8) is 0 Å². The summed E-state index contributed by atoms with van der Waals surface area (Å²) < 4.78 is 23.1. The van der Waals surface area contributed by atoms with Gasteiger partial charge in [-0.3, -0.25) is 4.79 Å². The summed E-state index contributed by atoms with van der Waals surface area (Å²) in [5, 5.41) is 8.28. The number of benzene rings is 2. The molecule has 8 heteroatoms. The summed E-state index contributed by atoms with van der Waals surface area (Å²) in [4.78, 5) is 25.2. The summed E-state index contributed by atoms with van der Waals surface area (Å²) in [5.41, 5.74) is 1.40. The van der Waals surface area contributed by atoms with E-state index in [1.165, 1.54) is 12.1 Å². The highest BCUT2D eigenvalue weighted by Gasteiger charge is 2.25. The van der Waals surface area contributed by atoms with Crippen molar-refractivity contribution in [2.45, 2.75) is 37.8 Å². The molecule has 0 aromatic heterocycles. The molecule has 0 radical (unpaired) electrons. The molecule has 156 valence electrons. The van der Waals surface area contributed by atoms with Crippen LogP contribution in [0.25, 0.3) is 0 Å². The molecule has 0 saturated heterocycles. The summed E-state index contributed by atoms with van der Waals surface area (Å²) in [6, 6.07) is 13.8. The van der Waals surface area contributed by atoms with E-state index in [0.29, 0.717) is 5.69 Å². The summed E-state index contributed by atoms with van der Waals surface area (Å²) in [6.45, 7) is 5.49. The number of amides is 3. The maximum atomic E-state index is 12.7. The average molecular weight is 418 g/mol. The van der Waals surface area contributed by atoms with Gasteiger partial charge in [0, 0.05) is 11.9 Å². The largest absolute Gasteiger partial charge is 0.348 e. The predicted molar refractivity (Wildman–Crippen MR) is 113 cm³/mol. The molecule has 0 aliphatic rings. The van der Waals surface area contributed by atoms with E-state index < -0.39 is 21.9 Å². The molecule has 2 rings (SSSR count). The Balaban J connectivity index is 2.02. The molecule has 0 aliphatic heterocycles. The van der Waals surface area contributed by atoms with Gasteiger partial charge in [-0.2, -0.15) is 0 Å². The van der Waals surface area contributed by atoms with E-state index in [2.05, 4.69) is 16.0 Å². The fraction of sp³-hybridized carbons (Fsp3) is 0.333. The van der Waals surface area contributed by atoms with Crippen molar-refractivity contribution in [2.24, 2.45) is 5.92 Å². The van der Waals surface area contributed by atoms with Crippen molar-refractivity contribution in [2.75, 3.05) is 11.6 Å². The third-order valence-electron chi connectivity index (χ3n) is 4.43. The third kappa shape index (κ3) is 6.60. The van der Waals surface area contributed by atoms with Gasteiger partial charge < -0.3 is 16.0 Å². The number of urea groups is 1. The van der Waals surface area contributed by atoms with Crippen molar-refractivity contribution in [1.82, 2.24) is 10.6 Å². The fourth-order valence-corrected chi connectivity index (χ4v) is 3.39. The van der Waals surface area contributed by atoms with E-state index in [0.717, 1.165) is 11.8 Å². The van der Waals surface area contributed by atoms with Crippen LogP contribution in [0.1, 0.15) is 32.4 Å². The van der Waals surface area contributed by atoms with Crippen molar-refractivity contribution in [3.05, 3.63) is 60.2 Å². The van der Waals surface area contributed by atoms with E-state index in [4.69, 9.17) is 0 Å². The van der Waals surface area contributed by atoms with Crippen LogP contribution >= 0.6 is 0 Å². The van der Waals surface area contributed by atoms with Gasteiger partial charge in [0.2, 0.25) is 5.91 Å². The highest BCUT2D eigenvalue weighted by molar-refractivity contribution is 7.90. The van der Waals surface area contributed by atoms with Gasteiger partial charge >= 0.3 is 6.03 Å². The van der Waals surface area contributed by atoms with Crippen LogP contribution in [0.4, 0.5) is 10.5 Å². The second-order valence-electron chi connectivity index (χ2n) is 7.26. The molecule has 2 atom stereocenters. The molecule has 3 N–H and O–H groups in total. The number of hydrogen-bond acceptors (Lipinski definition) is 4. The second-order valence-corrected chi connectivity index (χ2v) is 9.27. The zero-order chi connectivity index (χ0) is 21.6. The third-order valence-corrected chi connectivity index (χ3v) is 5.56. The zero-order valence-electron chi connectivity index (χ0n) is 17.0. The predicted octanol–water partition coefficient (Wildman–Crippen LogP) is 3.11. The number of para-hydroxylation sites is 1. The molecule has 7 nitrogen and oxygen atoms in total. The van der Waals surface area contributed by atoms with Crippen molar-refractivity contribution in [3.8, 4) is 0 Å². The summed E-state index contributed by atoms with van der Waals surface area (Å²) in [7, 11) is -3.27. The normalized spacial score (nSPS) is 13.4. The lowest BCUT2D eigenvalue weighted by Gasteiger charge is -2.24. The number of sulfone groups is 1. The fourth-order valence-electron chi connectivity index (χ4n) is 2.76. The number of anilines is 1. The number of carbonyl (C=O) groups excluding carboxylic acids is 2. The highest BCUT2D eigenvalue weighted by atomic mass is 32.2. The van der Waals surface area contributed by atoms with Crippen LogP contribution in [-0.2, 0) is 14.6 Å². The lowest BCUT2D eigenvalue weighted by molar-refractivity contribution is -0.124. The zero-order valence-corrected chi connectivity index (χ0v) is 17.8. The molecule has 29 heavy (non-hydrogen) atoms. The van der Waals surface area contributed by atoms with Crippen LogP contribution in [0, 0.1) is 5.92 Å². The van der Waals surface area contributed by atoms with Crippen LogP contribution in [-0.4, -0.2) is 32.7 Å². The van der Waals surface area contributed by atoms with Gasteiger partial charge in [-0.15, -0.1) is 0 Å². The minimum Gasteiger partial charge on any atom is -0.348 e. The molecule has 0 unspecified atom stereocenters. The topological polar surface area (TPSA) is 104 Å². The van der Waals surface area contributed by atoms with E-state index >= 15 is 0 Å².